The minimum Gasteiger partial charge on any atom is -0.395 e. The van der Waals surface area contributed by atoms with Crippen molar-refractivity contribution in [1.29, 1.82) is 0 Å². The first kappa shape index (κ1) is 17.1. The second-order valence-electron chi connectivity index (χ2n) is 4.56. The van der Waals surface area contributed by atoms with Gasteiger partial charge in [0, 0.05) is 30.0 Å². The van der Waals surface area contributed by atoms with Crippen molar-refractivity contribution in [3.05, 3.63) is 35.4 Å². The largest absolute Gasteiger partial charge is 0.395 e. The van der Waals surface area contributed by atoms with Crippen LogP contribution in [0.2, 0.25) is 0 Å². The number of hydrogen-bond donors (Lipinski definition) is 1. The van der Waals surface area contributed by atoms with E-state index in [0.717, 1.165) is 31.0 Å². The third-order valence-electron chi connectivity index (χ3n) is 3.11. The molecule has 0 aliphatic rings. The zero-order valence-electron chi connectivity index (χ0n) is 12.6. The molecule has 1 aromatic carbocycles. The second-order valence-corrected chi connectivity index (χ2v) is 5.66. The van der Waals surface area contributed by atoms with Gasteiger partial charge in [0.25, 0.3) is 0 Å². The lowest BCUT2D eigenvalue weighted by Gasteiger charge is -2.17. The summed E-state index contributed by atoms with van der Waals surface area (Å²) in [7, 11) is 0. The van der Waals surface area contributed by atoms with Gasteiger partial charge in [-0.25, -0.2) is 0 Å². The summed E-state index contributed by atoms with van der Waals surface area (Å²) in [5.41, 5.74) is 2.37. The van der Waals surface area contributed by atoms with Crippen molar-refractivity contribution in [3.8, 4) is 11.8 Å². The molecule has 0 aliphatic carbocycles. The SMILES string of the molecule is CCN(CC)CCSCc1cccc(C#CCCO)c1. The molecule has 0 bridgehead atoms. The molecular formula is C17H25NOS. The lowest BCUT2D eigenvalue weighted by atomic mass is 10.1. The van der Waals surface area contributed by atoms with Crippen molar-refractivity contribution < 1.29 is 5.11 Å². The minimum absolute atomic E-state index is 0.133. The lowest BCUT2D eigenvalue weighted by Crippen LogP contribution is -2.25. The van der Waals surface area contributed by atoms with Gasteiger partial charge in [0.1, 0.15) is 0 Å². The Bertz CT molecular complexity index is 432. The maximum absolute atomic E-state index is 8.72. The van der Waals surface area contributed by atoms with E-state index >= 15 is 0 Å². The highest BCUT2D eigenvalue weighted by atomic mass is 32.2. The Morgan fingerprint density at radius 3 is 2.75 bits per heavy atom. The fourth-order valence-electron chi connectivity index (χ4n) is 1.88. The van der Waals surface area contributed by atoms with Crippen LogP contribution in [0.5, 0.6) is 0 Å². The average molecular weight is 291 g/mol. The molecule has 0 heterocycles. The number of aliphatic hydroxyl groups excluding tert-OH is 1. The molecule has 2 nitrogen and oxygen atoms in total. The molecule has 0 saturated heterocycles. The maximum Gasteiger partial charge on any atom is 0.0540 e. The second kappa shape index (κ2) is 10.8. The Balaban J connectivity index is 2.37. The van der Waals surface area contributed by atoms with E-state index in [1.165, 1.54) is 11.3 Å². The quantitative estimate of drug-likeness (QED) is 0.588. The van der Waals surface area contributed by atoms with Crippen molar-refractivity contribution >= 4 is 11.8 Å². The number of benzene rings is 1. The van der Waals surface area contributed by atoms with Gasteiger partial charge >= 0.3 is 0 Å². The van der Waals surface area contributed by atoms with E-state index in [-0.39, 0.29) is 6.61 Å². The zero-order valence-corrected chi connectivity index (χ0v) is 13.4. The summed E-state index contributed by atoms with van der Waals surface area (Å²) >= 11 is 1.97. The van der Waals surface area contributed by atoms with Crippen molar-refractivity contribution in [1.82, 2.24) is 4.90 Å². The molecule has 3 heteroatoms. The van der Waals surface area contributed by atoms with Gasteiger partial charge < -0.3 is 10.0 Å². The maximum atomic E-state index is 8.72. The summed E-state index contributed by atoms with van der Waals surface area (Å²) in [5, 5.41) is 8.72. The predicted molar refractivity (Wildman–Crippen MR) is 89.0 cm³/mol. The molecule has 0 saturated carbocycles. The van der Waals surface area contributed by atoms with Gasteiger partial charge in [-0.1, -0.05) is 37.8 Å². The van der Waals surface area contributed by atoms with E-state index in [0.29, 0.717) is 6.42 Å². The Kier molecular flexibility index (Phi) is 9.23. The van der Waals surface area contributed by atoms with Crippen molar-refractivity contribution in [2.75, 3.05) is 32.0 Å². The van der Waals surface area contributed by atoms with Crippen molar-refractivity contribution in [2.24, 2.45) is 0 Å². The van der Waals surface area contributed by atoms with Crippen LogP contribution in [-0.2, 0) is 5.75 Å². The van der Waals surface area contributed by atoms with E-state index in [4.69, 9.17) is 5.11 Å². The summed E-state index contributed by atoms with van der Waals surface area (Å²) in [4.78, 5) is 2.45. The van der Waals surface area contributed by atoms with Gasteiger partial charge in [0.2, 0.25) is 0 Å². The third-order valence-corrected chi connectivity index (χ3v) is 4.12. The highest BCUT2D eigenvalue weighted by Gasteiger charge is 1.99. The van der Waals surface area contributed by atoms with Crippen LogP contribution in [0.4, 0.5) is 0 Å². The van der Waals surface area contributed by atoms with E-state index in [1.807, 2.05) is 17.8 Å². The first-order valence-electron chi connectivity index (χ1n) is 7.28. The van der Waals surface area contributed by atoms with Crippen LogP contribution in [0.1, 0.15) is 31.4 Å². The molecule has 0 amide bonds. The molecule has 0 unspecified atom stereocenters. The molecule has 1 rings (SSSR count). The smallest absolute Gasteiger partial charge is 0.0540 e. The van der Waals surface area contributed by atoms with E-state index in [9.17, 15) is 0 Å². The minimum atomic E-state index is 0.133. The van der Waals surface area contributed by atoms with Gasteiger partial charge in [-0.2, -0.15) is 11.8 Å². The highest BCUT2D eigenvalue weighted by molar-refractivity contribution is 7.98. The molecule has 0 fully saturated rings. The molecule has 0 radical (unpaired) electrons. The highest BCUT2D eigenvalue weighted by Crippen LogP contribution is 2.13. The fraction of sp³-hybridized carbons (Fsp3) is 0.529. The first-order valence-corrected chi connectivity index (χ1v) is 8.44. The summed E-state index contributed by atoms with van der Waals surface area (Å²) in [6.07, 6.45) is 0.544. The van der Waals surface area contributed by atoms with Gasteiger partial charge in [-0.3, -0.25) is 0 Å². The molecule has 0 spiro atoms. The summed E-state index contributed by atoms with van der Waals surface area (Å²) in [5.74, 6) is 8.26. The van der Waals surface area contributed by atoms with Crippen LogP contribution in [-0.4, -0.2) is 42.0 Å². The van der Waals surface area contributed by atoms with Crippen molar-refractivity contribution in [2.45, 2.75) is 26.0 Å². The molecule has 0 atom stereocenters. The van der Waals surface area contributed by atoms with Crippen LogP contribution in [0.25, 0.3) is 0 Å². The fourth-order valence-corrected chi connectivity index (χ4v) is 2.83. The number of rotatable bonds is 8. The normalized spacial score (nSPS) is 10.4. The van der Waals surface area contributed by atoms with E-state index in [2.05, 4.69) is 48.8 Å². The topological polar surface area (TPSA) is 23.5 Å². The van der Waals surface area contributed by atoms with Crippen LogP contribution < -0.4 is 0 Å². The zero-order chi connectivity index (χ0) is 14.6. The molecule has 1 aromatic rings. The van der Waals surface area contributed by atoms with E-state index in [1.54, 1.807) is 0 Å². The van der Waals surface area contributed by atoms with Gasteiger partial charge in [-0.15, -0.1) is 0 Å². The number of nitrogens with zero attached hydrogens (tertiary/aromatic N) is 1. The summed E-state index contributed by atoms with van der Waals surface area (Å²) < 4.78 is 0. The Labute approximate surface area is 127 Å². The molecule has 20 heavy (non-hydrogen) atoms. The predicted octanol–water partition coefficient (Wildman–Crippen LogP) is 3.00. The standard InChI is InChI=1S/C17H25NOS/c1-3-18(4-2)11-13-20-15-17-10-7-9-16(14-17)8-5-6-12-19/h7,9-10,14,19H,3-4,6,11-13,15H2,1-2H3. The van der Waals surface area contributed by atoms with Crippen LogP contribution in [0.3, 0.4) is 0 Å². The molecule has 1 N–H and O–H groups in total. The number of aliphatic hydroxyl groups is 1. The average Bonchev–Trinajstić information content (AvgIpc) is 2.48. The van der Waals surface area contributed by atoms with Gasteiger partial charge in [0.15, 0.2) is 0 Å². The monoisotopic (exact) mass is 291 g/mol. The Hall–Kier alpha value is -0.950. The van der Waals surface area contributed by atoms with Crippen LogP contribution in [0.15, 0.2) is 24.3 Å². The summed E-state index contributed by atoms with van der Waals surface area (Å²) in [6, 6.07) is 8.38. The summed E-state index contributed by atoms with van der Waals surface area (Å²) in [6.45, 7) is 7.98. The molecule has 0 aliphatic heterocycles. The number of hydrogen-bond acceptors (Lipinski definition) is 3. The Morgan fingerprint density at radius 1 is 1.25 bits per heavy atom. The van der Waals surface area contributed by atoms with Gasteiger partial charge in [-0.05, 0) is 30.8 Å². The van der Waals surface area contributed by atoms with Crippen LogP contribution in [0, 0.1) is 11.8 Å². The van der Waals surface area contributed by atoms with Crippen molar-refractivity contribution in [3.63, 3.8) is 0 Å². The number of thioether (sulfide) groups is 1. The van der Waals surface area contributed by atoms with E-state index < -0.39 is 0 Å². The van der Waals surface area contributed by atoms with Crippen LogP contribution >= 0.6 is 11.8 Å². The van der Waals surface area contributed by atoms with Gasteiger partial charge in [0.05, 0.1) is 6.61 Å². The lowest BCUT2D eigenvalue weighted by molar-refractivity contribution is 0.305. The first-order chi connectivity index (χ1) is 9.80. The molecular weight excluding hydrogens is 266 g/mol. The molecule has 0 aromatic heterocycles. The molecule has 110 valence electrons. The Morgan fingerprint density at radius 2 is 2.05 bits per heavy atom. The third kappa shape index (κ3) is 7.00.